The van der Waals surface area contributed by atoms with Crippen LogP contribution in [-0.2, 0) is 16.0 Å². The van der Waals surface area contributed by atoms with Gasteiger partial charge in [-0.3, -0.25) is 9.59 Å². The largest absolute Gasteiger partial charge is 0.351 e. The second-order valence-corrected chi connectivity index (χ2v) is 8.67. The summed E-state index contributed by atoms with van der Waals surface area (Å²) in [6.45, 7) is 2.56. The van der Waals surface area contributed by atoms with Crippen molar-refractivity contribution in [1.29, 1.82) is 0 Å². The predicted octanol–water partition coefficient (Wildman–Crippen LogP) is 4.86. The van der Waals surface area contributed by atoms with E-state index < -0.39 is 6.04 Å². The minimum atomic E-state index is -0.741. The van der Waals surface area contributed by atoms with Gasteiger partial charge in [0, 0.05) is 17.5 Å². The number of benzene rings is 1. The van der Waals surface area contributed by atoms with Gasteiger partial charge in [0.25, 0.3) is 0 Å². The van der Waals surface area contributed by atoms with Crippen LogP contribution in [0, 0.1) is 5.82 Å². The van der Waals surface area contributed by atoms with Crippen molar-refractivity contribution in [2.45, 2.75) is 64.0 Å². The number of unbranched alkanes of at least 4 members (excludes halogenated alkanes) is 1. The first-order chi connectivity index (χ1) is 14.1. The van der Waals surface area contributed by atoms with Gasteiger partial charge >= 0.3 is 0 Å². The van der Waals surface area contributed by atoms with E-state index >= 15 is 0 Å². The van der Waals surface area contributed by atoms with Crippen molar-refractivity contribution in [2.75, 3.05) is 6.54 Å². The zero-order valence-electron chi connectivity index (χ0n) is 16.9. The summed E-state index contributed by atoms with van der Waals surface area (Å²) in [5.74, 6) is -0.593. The number of nitrogens with one attached hydrogen (secondary N) is 1. The molecule has 1 aromatic heterocycles. The molecule has 1 atom stereocenters. The van der Waals surface area contributed by atoms with E-state index in [9.17, 15) is 14.0 Å². The Morgan fingerprint density at radius 2 is 1.93 bits per heavy atom. The number of amides is 2. The fourth-order valence-corrected chi connectivity index (χ4v) is 4.55. The summed E-state index contributed by atoms with van der Waals surface area (Å²) in [7, 11) is 0. The predicted molar refractivity (Wildman–Crippen MR) is 114 cm³/mol. The minimum absolute atomic E-state index is 0.0724. The van der Waals surface area contributed by atoms with Gasteiger partial charge in [-0.25, -0.2) is 4.39 Å². The number of carbonyl (C=O) groups is 2. The normalized spacial score (nSPS) is 15.2. The molecule has 4 nitrogen and oxygen atoms in total. The highest BCUT2D eigenvalue weighted by molar-refractivity contribution is 7.10. The summed E-state index contributed by atoms with van der Waals surface area (Å²) in [4.78, 5) is 29.2. The zero-order chi connectivity index (χ0) is 20.6. The van der Waals surface area contributed by atoms with E-state index in [1.807, 2.05) is 17.5 Å². The van der Waals surface area contributed by atoms with E-state index in [0.29, 0.717) is 12.1 Å². The van der Waals surface area contributed by atoms with E-state index in [4.69, 9.17) is 0 Å². The summed E-state index contributed by atoms with van der Waals surface area (Å²) in [5.41, 5.74) is 0.650. The van der Waals surface area contributed by atoms with Crippen LogP contribution in [0.4, 0.5) is 4.39 Å². The third kappa shape index (κ3) is 5.89. The highest BCUT2D eigenvalue weighted by Crippen LogP contribution is 2.26. The maximum absolute atomic E-state index is 13.5. The summed E-state index contributed by atoms with van der Waals surface area (Å²) in [5, 5.41) is 5.09. The van der Waals surface area contributed by atoms with Crippen LogP contribution >= 0.6 is 11.3 Å². The van der Waals surface area contributed by atoms with Crippen molar-refractivity contribution in [3.05, 3.63) is 58.0 Å². The van der Waals surface area contributed by atoms with Gasteiger partial charge in [0.1, 0.15) is 11.9 Å². The van der Waals surface area contributed by atoms with Crippen molar-refractivity contribution < 1.29 is 14.0 Å². The third-order valence-electron chi connectivity index (χ3n) is 5.43. The van der Waals surface area contributed by atoms with Crippen molar-refractivity contribution in [1.82, 2.24) is 10.2 Å². The molecule has 6 heteroatoms. The Morgan fingerprint density at radius 3 is 2.55 bits per heavy atom. The molecular weight excluding hydrogens is 387 g/mol. The Kier molecular flexibility index (Phi) is 7.81. The van der Waals surface area contributed by atoms with E-state index in [1.165, 1.54) is 23.5 Å². The molecule has 156 valence electrons. The molecule has 1 heterocycles. The second-order valence-electron chi connectivity index (χ2n) is 7.64. The smallest absolute Gasteiger partial charge is 0.247 e. The fourth-order valence-electron chi connectivity index (χ4n) is 3.86. The standard InChI is InChI=1S/C23H29FN2O2S/c1-2-3-14-26(21(27)16-20-9-6-15-29-20)22(17-10-12-18(24)13-11-17)23(28)25-19-7-4-5-8-19/h6,9-13,15,19,22H,2-5,7-8,14,16H2,1H3,(H,25,28)/t22-/m1/s1. The van der Waals surface area contributed by atoms with Crippen LogP contribution in [0.1, 0.15) is 61.9 Å². The highest BCUT2D eigenvalue weighted by atomic mass is 32.1. The average molecular weight is 417 g/mol. The Hall–Kier alpha value is -2.21. The summed E-state index contributed by atoms with van der Waals surface area (Å²) in [6, 6.07) is 9.22. The van der Waals surface area contributed by atoms with Crippen LogP contribution in [0.2, 0.25) is 0 Å². The topological polar surface area (TPSA) is 49.4 Å². The fraction of sp³-hybridized carbons (Fsp3) is 0.478. The highest BCUT2D eigenvalue weighted by Gasteiger charge is 2.32. The SMILES string of the molecule is CCCCN(C(=O)Cc1cccs1)[C@@H](C(=O)NC1CCCC1)c1ccc(F)cc1. The van der Waals surface area contributed by atoms with Crippen molar-refractivity contribution in [3.63, 3.8) is 0 Å². The number of rotatable bonds is 9. The molecular formula is C23H29FN2O2S. The molecule has 0 spiro atoms. The van der Waals surface area contributed by atoms with Gasteiger partial charge in [-0.15, -0.1) is 11.3 Å². The summed E-state index contributed by atoms with van der Waals surface area (Å²) < 4.78 is 13.5. The van der Waals surface area contributed by atoms with Gasteiger partial charge in [-0.05, 0) is 48.4 Å². The molecule has 1 fully saturated rings. The lowest BCUT2D eigenvalue weighted by Gasteiger charge is -2.32. The second kappa shape index (κ2) is 10.5. The lowest BCUT2D eigenvalue weighted by Crippen LogP contribution is -2.46. The molecule has 1 N–H and O–H groups in total. The van der Waals surface area contributed by atoms with Crippen LogP contribution in [0.25, 0.3) is 0 Å². The van der Waals surface area contributed by atoms with Crippen LogP contribution in [-0.4, -0.2) is 29.3 Å². The molecule has 1 saturated carbocycles. The molecule has 3 rings (SSSR count). The molecule has 0 bridgehead atoms. The third-order valence-corrected chi connectivity index (χ3v) is 6.30. The van der Waals surface area contributed by atoms with Gasteiger partial charge in [0.05, 0.1) is 6.42 Å². The Morgan fingerprint density at radius 1 is 1.21 bits per heavy atom. The molecule has 0 unspecified atom stereocenters. The number of halogens is 1. The Balaban J connectivity index is 1.88. The lowest BCUT2D eigenvalue weighted by molar-refractivity contribution is -0.140. The van der Waals surface area contributed by atoms with E-state index in [2.05, 4.69) is 12.2 Å². The van der Waals surface area contributed by atoms with Gasteiger partial charge in [-0.1, -0.05) is 44.4 Å². The first-order valence-electron chi connectivity index (χ1n) is 10.5. The number of carbonyl (C=O) groups excluding carboxylic acids is 2. The number of nitrogens with zero attached hydrogens (tertiary/aromatic N) is 1. The van der Waals surface area contributed by atoms with Crippen molar-refractivity contribution in [3.8, 4) is 0 Å². The molecule has 29 heavy (non-hydrogen) atoms. The monoisotopic (exact) mass is 416 g/mol. The Bertz CT molecular complexity index is 786. The summed E-state index contributed by atoms with van der Waals surface area (Å²) in [6.07, 6.45) is 6.18. The van der Waals surface area contributed by atoms with Crippen LogP contribution < -0.4 is 5.32 Å². The quantitative estimate of drug-likeness (QED) is 0.635. The lowest BCUT2D eigenvalue weighted by atomic mass is 10.0. The first-order valence-corrected chi connectivity index (χ1v) is 11.3. The van der Waals surface area contributed by atoms with Crippen LogP contribution in [0.3, 0.4) is 0 Å². The zero-order valence-corrected chi connectivity index (χ0v) is 17.7. The van der Waals surface area contributed by atoms with Gasteiger partial charge in [0.2, 0.25) is 11.8 Å². The number of hydrogen-bond donors (Lipinski definition) is 1. The molecule has 0 radical (unpaired) electrons. The van der Waals surface area contributed by atoms with Crippen LogP contribution in [0.5, 0.6) is 0 Å². The molecule has 1 aliphatic rings. The molecule has 1 aromatic carbocycles. The van der Waals surface area contributed by atoms with Crippen molar-refractivity contribution in [2.24, 2.45) is 0 Å². The van der Waals surface area contributed by atoms with Gasteiger partial charge in [-0.2, -0.15) is 0 Å². The number of hydrogen-bond acceptors (Lipinski definition) is 3. The number of thiophene rings is 1. The summed E-state index contributed by atoms with van der Waals surface area (Å²) >= 11 is 1.54. The van der Waals surface area contributed by atoms with Crippen molar-refractivity contribution >= 4 is 23.2 Å². The molecule has 2 aromatic rings. The Labute approximate surface area is 176 Å². The maximum Gasteiger partial charge on any atom is 0.247 e. The van der Waals surface area contributed by atoms with E-state index in [-0.39, 0.29) is 30.1 Å². The molecule has 1 aliphatic carbocycles. The molecule has 0 saturated heterocycles. The first kappa shape index (κ1) is 21.5. The van der Waals surface area contributed by atoms with Crippen LogP contribution in [0.15, 0.2) is 41.8 Å². The van der Waals surface area contributed by atoms with Gasteiger partial charge < -0.3 is 10.2 Å². The van der Waals surface area contributed by atoms with Gasteiger partial charge in [0.15, 0.2) is 0 Å². The average Bonchev–Trinajstić information content (AvgIpc) is 3.40. The van der Waals surface area contributed by atoms with E-state index in [0.717, 1.165) is 43.4 Å². The maximum atomic E-state index is 13.5. The molecule has 2 amide bonds. The molecule has 0 aliphatic heterocycles. The van der Waals surface area contributed by atoms with E-state index in [1.54, 1.807) is 17.0 Å². The minimum Gasteiger partial charge on any atom is -0.351 e.